The molecule has 0 aliphatic heterocycles. The number of oxazole rings is 1. The Bertz CT molecular complexity index is 748. The number of anilines is 1. The van der Waals surface area contributed by atoms with E-state index < -0.39 is 23.6 Å². The van der Waals surface area contributed by atoms with E-state index in [4.69, 9.17) is 9.15 Å². The van der Waals surface area contributed by atoms with Gasteiger partial charge in [-0.05, 0) is 52.3 Å². The molecule has 0 saturated heterocycles. The maximum absolute atomic E-state index is 12.2. The van der Waals surface area contributed by atoms with Gasteiger partial charge in [0.05, 0.1) is 6.20 Å². The minimum Gasteiger partial charge on any atom is -0.458 e. The first-order chi connectivity index (χ1) is 11.7. The standard InChI is InChI=1S/C18H23N3O4/c1-11-6-7-13(15-19-8-9-24-15)10-14(11)21-17(23)20-12(2)16(22)25-18(3,4)5/h6-10,12H,1-5H3,(H2,20,21,23)/t12-/m1/s1. The average molecular weight is 345 g/mol. The number of rotatable bonds is 4. The van der Waals surface area contributed by atoms with Gasteiger partial charge in [-0.25, -0.2) is 14.6 Å². The molecule has 0 radical (unpaired) electrons. The van der Waals surface area contributed by atoms with Gasteiger partial charge in [-0.15, -0.1) is 0 Å². The molecule has 1 atom stereocenters. The van der Waals surface area contributed by atoms with Crippen LogP contribution in [-0.4, -0.2) is 28.6 Å². The molecular weight excluding hydrogens is 322 g/mol. The van der Waals surface area contributed by atoms with Gasteiger partial charge in [-0.1, -0.05) is 6.07 Å². The maximum atomic E-state index is 12.2. The fourth-order valence-electron chi connectivity index (χ4n) is 2.06. The molecule has 2 rings (SSSR count). The molecule has 2 aromatic rings. The van der Waals surface area contributed by atoms with Gasteiger partial charge < -0.3 is 19.8 Å². The van der Waals surface area contributed by atoms with E-state index >= 15 is 0 Å². The molecule has 1 aromatic heterocycles. The number of benzene rings is 1. The number of aryl methyl sites for hydroxylation is 1. The van der Waals surface area contributed by atoms with E-state index in [1.807, 2.05) is 19.1 Å². The lowest BCUT2D eigenvalue weighted by Crippen LogP contribution is -2.44. The first-order valence-electron chi connectivity index (χ1n) is 7.96. The highest BCUT2D eigenvalue weighted by molar-refractivity contribution is 5.93. The Morgan fingerprint density at radius 2 is 2.00 bits per heavy atom. The predicted molar refractivity (Wildman–Crippen MR) is 94.1 cm³/mol. The summed E-state index contributed by atoms with van der Waals surface area (Å²) in [5, 5.41) is 5.30. The van der Waals surface area contributed by atoms with E-state index in [0.717, 1.165) is 11.1 Å². The lowest BCUT2D eigenvalue weighted by Gasteiger charge is -2.22. The second kappa shape index (κ2) is 7.38. The Kier molecular flexibility index (Phi) is 5.46. The van der Waals surface area contributed by atoms with Gasteiger partial charge in [-0.3, -0.25) is 0 Å². The fraction of sp³-hybridized carbons (Fsp3) is 0.389. The zero-order valence-electron chi connectivity index (χ0n) is 15.0. The molecule has 7 heteroatoms. The number of urea groups is 1. The van der Waals surface area contributed by atoms with E-state index in [2.05, 4.69) is 15.6 Å². The van der Waals surface area contributed by atoms with Gasteiger partial charge in [-0.2, -0.15) is 0 Å². The summed E-state index contributed by atoms with van der Waals surface area (Å²) < 4.78 is 10.5. The molecule has 7 nitrogen and oxygen atoms in total. The van der Waals surface area contributed by atoms with Crippen LogP contribution in [-0.2, 0) is 9.53 Å². The van der Waals surface area contributed by atoms with E-state index in [0.29, 0.717) is 11.6 Å². The number of amides is 2. The molecule has 0 aliphatic rings. The normalized spacial score (nSPS) is 12.4. The Balaban J connectivity index is 2.03. The molecule has 0 aliphatic carbocycles. The Labute approximate surface area is 146 Å². The van der Waals surface area contributed by atoms with Crippen LogP contribution in [0.25, 0.3) is 11.5 Å². The van der Waals surface area contributed by atoms with Crippen molar-refractivity contribution in [1.29, 1.82) is 0 Å². The van der Waals surface area contributed by atoms with E-state index in [-0.39, 0.29) is 0 Å². The highest BCUT2D eigenvalue weighted by Gasteiger charge is 2.23. The monoisotopic (exact) mass is 345 g/mol. The quantitative estimate of drug-likeness (QED) is 0.827. The van der Waals surface area contributed by atoms with Crippen molar-refractivity contribution in [3.8, 4) is 11.5 Å². The number of nitrogens with zero attached hydrogens (tertiary/aromatic N) is 1. The molecule has 25 heavy (non-hydrogen) atoms. The largest absolute Gasteiger partial charge is 0.458 e. The lowest BCUT2D eigenvalue weighted by molar-refractivity contribution is -0.156. The van der Waals surface area contributed by atoms with Crippen LogP contribution >= 0.6 is 0 Å². The van der Waals surface area contributed by atoms with Crippen LogP contribution < -0.4 is 10.6 Å². The van der Waals surface area contributed by atoms with Crippen LogP contribution in [0.3, 0.4) is 0 Å². The number of esters is 1. The number of hydrogen-bond donors (Lipinski definition) is 2. The Morgan fingerprint density at radius 3 is 2.60 bits per heavy atom. The van der Waals surface area contributed by atoms with Gasteiger partial charge in [0.25, 0.3) is 0 Å². The molecule has 0 unspecified atom stereocenters. The van der Waals surface area contributed by atoms with Gasteiger partial charge in [0, 0.05) is 11.3 Å². The fourth-order valence-corrected chi connectivity index (χ4v) is 2.06. The maximum Gasteiger partial charge on any atom is 0.328 e. The lowest BCUT2D eigenvalue weighted by atomic mass is 10.1. The number of nitrogens with one attached hydrogen (secondary N) is 2. The summed E-state index contributed by atoms with van der Waals surface area (Å²) in [6, 6.07) is 4.21. The van der Waals surface area contributed by atoms with Crippen molar-refractivity contribution in [2.24, 2.45) is 0 Å². The van der Waals surface area contributed by atoms with Crippen molar-refractivity contribution in [2.75, 3.05) is 5.32 Å². The molecule has 0 saturated carbocycles. The first kappa shape index (κ1) is 18.5. The summed E-state index contributed by atoms with van der Waals surface area (Å²) in [4.78, 5) is 28.2. The summed E-state index contributed by atoms with van der Waals surface area (Å²) in [5.74, 6) is -0.0292. The van der Waals surface area contributed by atoms with Crippen LogP contribution in [0.4, 0.5) is 10.5 Å². The summed E-state index contributed by atoms with van der Waals surface area (Å²) in [7, 11) is 0. The molecule has 2 amide bonds. The minimum absolute atomic E-state index is 0.464. The van der Waals surface area contributed by atoms with E-state index in [9.17, 15) is 9.59 Å². The second-order valence-corrected chi connectivity index (χ2v) is 6.72. The third-order valence-corrected chi connectivity index (χ3v) is 3.27. The van der Waals surface area contributed by atoms with Gasteiger partial charge >= 0.3 is 12.0 Å². The van der Waals surface area contributed by atoms with Crippen molar-refractivity contribution in [2.45, 2.75) is 46.3 Å². The molecule has 0 fully saturated rings. The molecule has 1 aromatic carbocycles. The number of ether oxygens (including phenoxy) is 1. The molecule has 1 heterocycles. The minimum atomic E-state index is -0.769. The van der Waals surface area contributed by atoms with Crippen LogP contribution in [0.2, 0.25) is 0 Å². The summed E-state index contributed by atoms with van der Waals surface area (Å²) in [6.45, 7) is 8.76. The van der Waals surface area contributed by atoms with Crippen molar-refractivity contribution in [1.82, 2.24) is 10.3 Å². The molecular formula is C18H23N3O4. The summed E-state index contributed by atoms with van der Waals surface area (Å²) in [6.07, 6.45) is 3.04. The van der Waals surface area contributed by atoms with Gasteiger partial charge in [0.2, 0.25) is 5.89 Å². The predicted octanol–water partition coefficient (Wildman–Crippen LogP) is 3.50. The zero-order chi connectivity index (χ0) is 18.6. The number of aromatic nitrogens is 1. The SMILES string of the molecule is Cc1ccc(-c2ncco2)cc1NC(=O)N[C@H](C)C(=O)OC(C)(C)C. The van der Waals surface area contributed by atoms with Crippen molar-refractivity contribution < 1.29 is 18.7 Å². The van der Waals surface area contributed by atoms with Crippen LogP contribution in [0, 0.1) is 6.92 Å². The van der Waals surface area contributed by atoms with Gasteiger partial charge in [0.1, 0.15) is 17.9 Å². The van der Waals surface area contributed by atoms with Gasteiger partial charge in [0.15, 0.2) is 0 Å². The highest BCUT2D eigenvalue weighted by Crippen LogP contribution is 2.24. The number of carbonyl (C=O) groups excluding carboxylic acids is 2. The second-order valence-electron chi connectivity index (χ2n) is 6.72. The summed E-state index contributed by atoms with van der Waals surface area (Å²) >= 11 is 0. The van der Waals surface area contributed by atoms with Crippen LogP contribution in [0.15, 0.2) is 35.1 Å². The van der Waals surface area contributed by atoms with Crippen molar-refractivity contribution in [3.63, 3.8) is 0 Å². The number of carbonyl (C=O) groups is 2. The smallest absolute Gasteiger partial charge is 0.328 e. The summed E-state index contributed by atoms with van der Waals surface area (Å²) in [5.41, 5.74) is 1.61. The third kappa shape index (κ3) is 5.34. The van der Waals surface area contributed by atoms with Crippen molar-refractivity contribution in [3.05, 3.63) is 36.2 Å². The Hall–Kier alpha value is -2.83. The molecule has 0 bridgehead atoms. The topological polar surface area (TPSA) is 93.5 Å². The van der Waals surface area contributed by atoms with E-state index in [1.54, 1.807) is 40.0 Å². The highest BCUT2D eigenvalue weighted by atomic mass is 16.6. The molecule has 134 valence electrons. The first-order valence-corrected chi connectivity index (χ1v) is 7.96. The Morgan fingerprint density at radius 1 is 1.28 bits per heavy atom. The van der Waals surface area contributed by atoms with Crippen LogP contribution in [0.1, 0.15) is 33.3 Å². The van der Waals surface area contributed by atoms with E-state index in [1.165, 1.54) is 6.26 Å². The number of hydrogen-bond acceptors (Lipinski definition) is 5. The van der Waals surface area contributed by atoms with Crippen LogP contribution in [0.5, 0.6) is 0 Å². The third-order valence-electron chi connectivity index (χ3n) is 3.27. The zero-order valence-corrected chi connectivity index (χ0v) is 15.0. The van der Waals surface area contributed by atoms with Crippen molar-refractivity contribution >= 4 is 17.7 Å². The molecule has 0 spiro atoms. The average Bonchev–Trinajstić information content (AvgIpc) is 3.02. The molecule has 2 N–H and O–H groups in total.